The van der Waals surface area contributed by atoms with E-state index >= 15 is 0 Å². The van der Waals surface area contributed by atoms with Gasteiger partial charge in [0.1, 0.15) is 0 Å². The maximum atomic E-state index is 7.75. The van der Waals surface area contributed by atoms with Gasteiger partial charge in [0.15, 0.2) is 0 Å². The third-order valence-corrected chi connectivity index (χ3v) is 0. The van der Waals surface area contributed by atoms with Gasteiger partial charge in [-0.05, 0) is 0 Å². The van der Waals surface area contributed by atoms with E-state index in [2.05, 4.69) is 6.79 Å². The first-order valence-electron chi connectivity index (χ1n) is 0.683. The maximum Gasteiger partial charge on any atom is 3.00 e. The van der Waals surface area contributed by atoms with Gasteiger partial charge in [0.05, 0.1) is 0 Å². The van der Waals surface area contributed by atoms with Crippen LogP contribution in [0.3, 0.4) is 0 Å². The number of carbonyl (C=O) groups excluding carboxylic acids is 1. The van der Waals surface area contributed by atoms with Crippen LogP contribution in [0.5, 0.6) is 0 Å². The molecule has 8 heavy (non-hydrogen) atoms. The van der Waals surface area contributed by atoms with Gasteiger partial charge in [-0.3, -0.25) is 6.79 Å². The summed E-state index contributed by atoms with van der Waals surface area (Å²) in [5, 5.41) is 12.5. The van der Waals surface area contributed by atoms with Crippen molar-refractivity contribution in [2.45, 2.75) is 0 Å². The molecule has 47 valence electrons. The topological polar surface area (TPSA) is 64.7 Å². The number of rotatable bonds is 0. The van der Waals surface area contributed by atoms with Gasteiger partial charge in [0.2, 0.25) is 0 Å². The summed E-state index contributed by atoms with van der Waals surface area (Å²) in [6.07, 6.45) is 0. The first kappa shape index (κ1) is 48.0. The molecule has 0 aliphatic rings. The van der Waals surface area contributed by atoms with Crippen LogP contribution in [0.2, 0.25) is 0 Å². The molecule has 0 bridgehead atoms. The van der Waals surface area contributed by atoms with Gasteiger partial charge in [0.25, 0.3) is 0 Å². The first-order valence-corrected chi connectivity index (χ1v) is 0.683. The van der Waals surface area contributed by atoms with Crippen molar-refractivity contribution in [2.24, 2.45) is 0 Å². The van der Waals surface area contributed by atoms with Crippen LogP contribution in [0.4, 0.5) is 0 Å². The number of nitrogens with zero attached hydrogens (tertiary/aromatic N) is 2. The third-order valence-electron chi connectivity index (χ3n) is 0. The van der Waals surface area contributed by atoms with E-state index in [9.17, 15) is 0 Å². The van der Waals surface area contributed by atoms with Crippen molar-refractivity contribution in [3.05, 3.63) is 13.1 Å². The Bertz CT molecular complexity index is 41.0. The van der Waals surface area contributed by atoms with E-state index in [4.69, 9.17) is 28.5 Å². The molecule has 0 aliphatic carbocycles. The van der Waals surface area contributed by atoms with Crippen molar-refractivity contribution >= 4 is 6.79 Å². The average molecular weight is 196 g/mol. The molecule has 0 amide bonds. The largest absolute Gasteiger partial charge is 3.00 e. The summed E-state index contributed by atoms with van der Waals surface area (Å²) in [5.41, 5.74) is 0. The molecule has 3 nitrogen and oxygen atoms in total. The van der Waals surface area contributed by atoms with Crippen LogP contribution < -0.4 is 0 Å². The Hall–Kier alpha value is -0.337. The average Bonchev–Trinajstić information content (AvgIpc) is 1.81. The van der Waals surface area contributed by atoms with Gasteiger partial charge in [-0.15, -0.1) is 0 Å². The van der Waals surface area contributed by atoms with E-state index in [0.717, 1.165) is 0 Å². The van der Waals surface area contributed by atoms with Crippen LogP contribution in [0.25, 0.3) is 0 Å². The van der Waals surface area contributed by atoms with Crippen LogP contribution in [-0.4, -0.2) is 6.79 Å². The zero-order valence-corrected chi connectivity index (χ0v) is 5.64. The van der Waals surface area contributed by atoms with Crippen LogP contribution in [0.1, 0.15) is 0 Å². The summed E-state index contributed by atoms with van der Waals surface area (Å²) in [7, 11) is 0. The zero-order valence-electron chi connectivity index (χ0n) is 3.55. The van der Waals surface area contributed by atoms with E-state index in [1.807, 2.05) is 0 Å². The second-order valence-electron chi connectivity index (χ2n) is 0. The van der Waals surface area contributed by atoms with Crippen LogP contribution in [0, 0.1) is 23.7 Å². The molecule has 0 atom stereocenters. The summed E-state index contributed by atoms with van der Waals surface area (Å²) < 4.78 is 0. The Morgan fingerprint density at radius 3 is 1.00 bits per heavy atom. The minimum Gasteiger partial charge on any atom is -0.545 e. The maximum absolute atomic E-state index is 7.75. The van der Waals surface area contributed by atoms with Crippen molar-refractivity contribution in [3.8, 4) is 0 Å². The summed E-state index contributed by atoms with van der Waals surface area (Å²) in [4.78, 5) is 7.75. The third kappa shape index (κ3) is 1080. The molecule has 1 radical (unpaired) electrons. The predicted octanol–water partition coefficient (Wildman–Crippen LogP) is -0.0864. The summed E-state index contributed by atoms with van der Waals surface area (Å²) in [6.45, 7) is 12.8. The molecule has 0 aromatic carbocycles. The fourth-order valence-electron chi connectivity index (χ4n) is 0. The second kappa shape index (κ2) is 1880. The SMILES string of the molecule is [C-]#N.[C-]#N.[CH-]=O.[Fe+3].[Ni]. The zero-order chi connectivity index (χ0) is 6.00. The molecule has 0 N–H and O–H groups in total. The molecule has 0 spiro atoms. The fourth-order valence-corrected chi connectivity index (χ4v) is 0. The minimum absolute atomic E-state index is 0. The molecule has 0 aromatic rings. The molecule has 0 rings (SSSR count). The van der Waals surface area contributed by atoms with Crippen molar-refractivity contribution in [3.63, 3.8) is 0 Å². The van der Waals surface area contributed by atoms with Crippen molar-refractivity contribution in [2.75, 3.05) is 0 Å². The monoisotopic (exact) mass is 195 g/mol. The molecule has 0 aliphatic heterocycles. The van der Waals surface area contributed by atoms with E-state index in [-0.39, 0.29) is 33.6 Å². The molecule has 0 saturated carbocycles. The first-order chi connectivity index (χ1) is 3.00. The van der Waals surface area contributed by atoms with Crippen LogP contribution in [-0.2, 0) is 38.4 Å². The minimum atomic E-state index is 0. The van der Waals surface area contributed by atoms with E-state index in [0.29, 0.717) is 0 Å². The van der Waals surface area contributed by atoms with Gasteiger partial charge >= 0.3 is 17.1 Å². The number of hydrogen-bond acceptors (Lipinski definition) is 3. The van der Waals surface area contributed by atoms with Gasteiger partial charge in [0, 0.05) is 16.5 Å². The van der Waals surface area contributed by atoms with Crippen molar-refractivity contribution in [1.29, 1.82) is 10.5 Å². The Morgan fingerprint density at radius 2 is 1.00 bits per heavy atom. The van der Waals surface area contributed by atoms with E-state index in [1.165, 1.54) is 0 Å². The van der Waals surface area contributed by atoms with Crippen molar-refractivity contribution < 1.29 is 38.4 Å². The van der Waals surface area contributed by atoms with Gasteiger partial charge in [-0.2, -0.15) is 0 Å². The quantitative estimate of drug-likeness (QED) is 0.308. The molecular formula is C3HFeN2NiO. The Kier molecular flexibility index (Phi) is 11300. The molecule has 0 unspecified atom stereocenters. The molecule has 0 aromatic heterocycles. The summed E-state index contributed by atoms with van der Waals surface area (Å²) >= 11 is 0. The van der Waals surface area contributed by atoms with E-state index in [1.54, 1.807) is 0 Å². The van der Waals surface area contributed by atoms with Gasteiger partial charge in [-0.25, -0.2) is 0 Å². The molecule has 5 heteroatoms. The standard InChI is InChI=1S/2CN.CHO.Fe.Ni/c3*1-2;;/h;;1H;;/q3*-1;+3;. The van der Waals surface area contributed by atoms with Crippen LogP contribution in [0.15, 0.2) is 0 Å². The Morgan fingerprint density at radius 1 is 1.00 bits per heavy atom. The van der Waals surface area contributed by atoms with Crippen LogP contribution >= 0.6 is 0 Å². The van der Waals surface area contributed by atoms with E-state index < -0.39 is 0 Å². The Labute approximate surface area is 69.1 Å². The van der Waals surface area contributed by atoms with Crippen molar-refractivity contribution in [1.82, 2.24) is 0 Å². The molecule has 0 fully saturated rings. The summed E-state index contributed by atoms with van der Waals surface area (Å²) in [6, 6.07) is 0. The Balaban J connectivity index is -0.00000000500. The molecular weight excluding hydrogens is 195 g/mol. The summed E-state index contributed by atoms with van der Waals surface area (Å²) in [5.74, 6) is 0. The van der Waals surface area contributed by atoms with Gasteiger partial charge < -0.3 is 28.5 Å². The molecule has 0 saturated heterocycles. The normalized spacial score (nSPS) is 1.00. The number of hydrogen-bond donors (Lipinski definition) is 0. The predicted molar refractivity (Wildman–Crippen MR) is 16.7 cm³/mol. The second-order valence-corrected chi connectivity index (χ2v) is 0. The van der Waals surface area contributed by atoms with Gasteiger partial charge in [-0.1, -0.05) is 0 Å². The fraction of sp³-hybridized carbons (Fsp3) is 0. The molecule has 0 heterocycles. The smallest absolute Gasteiger partial charge is 0.545 e.